The summed E-state index contributed by atoms with van der Waals surface area (Å²) in [6.45, 7) is 10.0. The van der Waals surface area contributed by atoms with Gasteiger partial charge in [0, 0.05) is 11.8 Å². The minimum absolute atomic E-state index is 0.0840. The molecule has 0 aliphatic carbocycles. The highest BCUT2D eigenvalue weighted by Gasteiger charge is 2.51. The summed E-state index contributed by atoms with van der Waals surface area (Å²) in [6.07, 6.45) is 3.65. The van der Waals surface area contributed by atoms with Gasteiger partial charge in [0.2, 0.25) is 0 Å². The molecule has 1 saturated heterocycles. The molecule has 0 bridgehead atoms. The van der Waals surface area contributed by atoms with E-state index in [9.17, 15) is 4.79 Å². The lowest BCUT2D eigenvalue weighted by atomic mass is 9.78. The topological polar surface area (TPSA) is 53.4 Å². The number of hydrogen-bond acceptors (Lipinski definition) is 4. The third-order valence-electron chi connectivity index (χ3n) is 4.79. The van der Waals surface area contributed by atoms with Gasteiger partial charge in [-0.25, -0.2) is 0 Å². The zero-order valence-electron chi connectivity index (χ0n) is 14.9. The van der Waals surface area contributed by atoms with Crippen molar-refractivity contribution in [2.24, 2.45) is 0 Å². The molecule has 1 aliphatic rings. The predicted molar refractivity (Wildman–Crippen MR) is 94.1 cm³/mol. The van der Waals surface area contributed by atoms with E-state index in [2.05, 4.69) is 5.10 Å². The average molecular weight is 326 g/mol. The number of benzene rings is 1. The molecule has 0 atom stereocenters. The van der Waals surface area contributed by atoms with Crippen molar-refractivity contribution in [1.82, 2.24) is 9.78 Å². The van der Waals surface area contributed by atoms with Crippen LogP contribution in [0.15, 0.2) is 36.7 Å². The summed E-state index contributed by atoms with van der Waals surface area (Å²) in [6, 6.07) is 8.07. The number of carbonyl (C=O) groups is 1. The Hall–Kier alpha value is -1.92. The van der Waals surface area contributed by atoms with Crippen LogP contribution in [0.3, 0.4) is 0 Å². The summed E-state index contributed by atoms with van der Waals surface area (Å²) in [4.78, 5) is 11.2. The quantitative estimate of drug-likeness (QED) is 0.810. The van der Waals surface area contributed by atoms with E-state index in [1.54, 1.807) is 17.8 Å². The zero-order chi connectivity index (χ0) is 17.5. The molecule has 1 aromatic carbocycles. The molecule has 6 heteroatoms. The Morgan fingerprint density at radius 2 is 1.67 bits per heavy atom. The standard InChI is InChI=1S/C18H23BN2O3/c1-13(22)11-21-12-15(10-20-21)14-6-8-16(9-7-14)19-23-17(2,3)18(4,5)24-19/h6-10,12H,11H2,1-5H3. The monoisotopic (exact) mass is 326 g/mol. The van der Waals surface area contributed by atoms with E-state index in [0.717, 1.165) is 16.6 Å². The van der Waals surface area contributed by atoms with Gasteiger partial charge in [0.05, 0.1) is 23.9 Å². The fourth-order valence-electron chi connectivity index (χ4n) is 2.64. The molecule has 126 valence electrons. The number of ketones is 1. The Kier molecular flexibility index (Phi) is 4.14. The Bertz CT molecular complexity index is 734. The number of rotatable bonds is 4. The van der Waals surface area contributed by atoms with Crippen LogP contribution in [0.25, 0.3) is 11.1 Å². The lowest BCUT2D eigenvalue weighted by molar-refractivity contribution is -0.117. The molecule has 1 aliphatic heterocycles. The van der Waals surface area contributed by atoms with E-state index in [1.807, 2.05) is 58.2 Å². The molecule has 0 radical (unpaired) electrons. The Morgan fingerprint density at radius 1 is 1.08 bits per heavy atom. The van der Waals surface area contributed by atoms with Crippen molar-refractivity contribution in [2.75, 3.05) is 0 Å². The Labute approximate surface area is 143 Å². The van der Waals surface area contributed by atoms with E-state index < -0.39 is 0 Å². The van der Waals surface area contributed by atoms with Gasteiger partial charge in [0.15, 0.2) is 5.78 Å². The first-order valence-corrected chi connectivity index (χ1v) is 8.16. The summed E-state index contributed by atoms with van der Waals surface area (Å²) in [5.74, 6) is 0.0840. The van der Waals surface area contributed by atoms with Crippen molar-refractivity contribution in [3.63, 3.8) is 0 Å². The van der Waals surface area contributed by atoms with Crippen LogP contribution in [0.2, 0.25) is 0 Å². The SMILES string of the molecule is CC(=O)Cn1cc(-c2ccc(B3OC(C)(C)C(C)(C)O3)cc2)cn1. The molecule has 0 amide bonds. The zero-order valence-corrected chi connectivity index (χ0v) is 14.9. The maximum absolute atomic E-state index is 11.2. The normalized spacial score (nSPS) is 18.8. The second kappa shape index (κ2) is 5.86. The average Bonchev–Trinajstić information content (AvgIpc) is 3.01. The number of nitrogens with zero attached hydrogens (tertiary/aromatic N) is 2. The lowest BCUT2D eigenvalue weighted by Gasteiger charge is -2.32. The Balaban J connectivity index is 1.77. The van der Waals surface area contributed by atoms with Gasteiger partial charge in [-0.3, -0.25) is 9.48 Å². The summed E-state index contributed by atoms with van der Waals surface area (Å²) in [5.41, 5.74) is 2.34. The molecule has 2 heterocycles. The van der Waals surface area contributed by atoms with Crippen molar-refractivity contribution >= 4 is 18.4 Å². The number of aromatic nitrogens is 2. The minimum atomic E-state index is -0.357. The third-order valence-corrected chi connectivity index (χ3v) is 4.79. The van der Waals surface area contributed by atoms with Gasteiger partial charge in [-0.15, -0.1) is 0 Å². The second-order valence-electron chi connectivity index (χ2n) is 7.34. The van der Waals surface area contributed by atoms with Crippen molar-refractivity contribution in [3.8, 4) is 11.1 Å². The van der Waals surface area contributed by atoms with Gasteiger partial charge >= 0.3 is 7.12 Å². The first kappa shape index (κ1) is 16.9. The first-order valence-electron chi connectivity index (χ1n) is 8.16. The number of carbonyl (C=O) groups excluding carboxylic acids is 1. The number of hydrogen-bond donors (Lipinski definition) is 0. The third kappa shape index (κ3) is 3.16. The van der Waals surface area contributed by atoms with E-state index in [0.29, 0.717) is 6.54 Å². The van der Waals surface area contributed by atoms with Crippen molar-refractivity contribution < 1.29 is 14.1 Å². The molecular weight excluding hydrogens is 303 g/mol. The fourth-order valence-corrected chi connectivity index (χ4v) is 2.64. The predicted octanol–water partition coefficient (Wildman–Crippen LogP) is 2.44. The van der Waals surface area contributed by atoms with Crippen LogP contribution in [-0.4, -0.2) is 33.9 Å². The van der Waals surface area contributed by atoms with Crippen LogP contribution in [0.1, 0.15) is 34.6 Å². The van der Waals surface area contributed by atoms with E-state index >= 15 is 0 Å². The molecule has 0 saturated carbocycles. The molecule has 5 nitrogen and oxygen atoms in total. The van der Waals surface area contributed by atoms with Crippen LogP contribution in [0.4, 0.5) is 0 Å². The maximum atomic E-state index is 11.2. The van der Waals surface area contributed by atoms with E-state index in [4.69, 9.17) is 9.31 Å². The molecule has 24 heavy (non-hydrogen) atoms. The van der Waals surface area contributed by atoms with E-state index in [1.165, 1.54) is 0 Å². The first-order chi connectivity index (χ1) is 11.2. The summed E-state index contributed by atoms with van der Waals surface area (Å²) in [7, 11) is -0.357. The minimum Gasteiger partial charge on any atom is -0.399 e. The Morgan fingerprint density at radius 3 is 2.21 bits per heavy atom. The molecule has 3 rings (SSSR count). The molecule has 0 unspecified atom stereocenters. The largest absolute Gasteiger partial charge is 0.494 e. The maximum Gasteiger partial charge on any atom is 0.494 e. The molecule has 1 fully saturated rings. The molecular formula is C18H23BN2O3. The van der Waals surface area contributed by atoms with Crippen LogP contribution in [0.5, 0.6) is 0 Å². The highest BCUT2D eigenvalue weighted by atomic mass is 16.7. The van der Waals surface area contributed by atoms with Gasteiger partial charge in [-0.1, -0.05) is 24.3 Å². The van der Waals surface area contributed by atoms with Crippen LogP contribution in [-0.2, 0) is 20.6 Å². The van der Waals surface area contributed by atoms with Gasteiger partial charge < -0.3 is 9.31 Å². The highest BCUT2D eigenvalue weighted by molar-refractivity contribution is 6.62. The summed E-state index contributed by atoms with van der Waals surface area (Å²) < 4.78 is 13.8. The van der Waals surface area contributed by atoms with Crippen LogP contribution >= 0.6 is 0 Å². The van der Waals surface area contributed by atoms with Crippen molar-refractivity contribution in [3.05, 3.63) is 36.7 Å². The summed E-state index contributed by atoms with van der Waals surface area (Å²) >= 11 is 0. The molecule has 0 spiro atoms. The second-order valence-corrected chi connectivity index (χ2v) is 7.34. The van der Waals surface area contributed by atoms with Gasteiger partial charge in [-0.05, 0) is 45.6 Å². The van der Waals surface area contributed by atoms with E-state index in [-0.39, 0.29) is 24.1 Å². The fraction of sp³-hybridized carbons (Fsp3) is 0.444. The smallest absolute Gasteiger partial charge is 0.399 e. The van der Waals surface area contributed by atoms with Crippen LogP contribution in [0, 0.1) is 0 Å². The van der Waals surface area contributed by atoms with Crippen molar-refractivity contribution in [1.29, 1.82) is 0 Å². The number of Topliss-reactive ketones (excluding diaryl/α,β-unsaturated/α-hetero) is 1. The molecule has 2 aromatic rings. The van der Waals surface area contributed by atoms with Gasteiger partial charge in [-0.2, -0.15) is 5.10 Å². The van der Waals surface area contributed by atoms with Crippen molar-refractivity contribution in [2.45, 2.75) is 52.4 Å². The molecule has 1 aromatic heterocycles. The summed E-state index contributed by atoms with van der Waals surface area (Å²) in [5, 5.41) is 4.22. The van der Waals surface area contributed by atoms with Gasteiger partial charge in [0.25, 0.3) is 0 Å². The van der Waals surface area contributed by atoms with Crippen LogP contribution < -0.4 is 5.46 Å². The highest BCUT2D eigenvalue weighted by Crippen LogP contribution is 2.36. The molecule has 0 N–H and O–H groups in total. The van der Waals surface area contributed by atoms with Gasteiger partial charge in [0.1, 0.15) is 0 Å². The lowest BCUT2D eigenvalue weighted by Crippen LogP contribution is -2.41.